The summed E-state index contributed by atoms with van der Waals surface area (Å²) < 4.78 is 5.69. The minimum atomic E-state index is 0.00352. The molecule has 21 heavy (non-hydrogen) atoms. The summed E-state index contributed by atoms with van der Waals surface area (Å²) in [6.45, 7) is 6.28. The first-order valence-electron chi connectivity index (χ1n) is 7.52. The van der Waals surface area contributed by atoms with Crippen molar-refractivity contribution in [1.82, 2.24) is 10.2 Å². The normalized spacial score (nSPS) is 26.2. The molecule has 2 aliphatic heterocycles. The van der Waals surface area contributed by atoms with Gasteiger partial charge < -0.3 is 9.64 Å². The topological polar surface area (TPSA) is 41.6 Å². The molecule has 4 nitrogen and oxygen atoms in total. The predicted molar refractivity (Wildman–Crippen MR) is 84.0 cm³/mol. The van der Waals surface area contributed by atoms with Crippen molar-refractivity contribution in [3.05, 3.63) is 33.5 Å². The number of ether oxygens (including phenoxy) is 1. The quantitative estimate of drug-likeness (QED) is 0.909. The Kier molecular flexibility index (Phi) is 4.42. The van der Waals surface area contributed by atoms with E-state index < -0.39 is 0 Å². The average molecular weight is 306 g/mol. The third-order valence-electron chi connectivity index (χ3n) is 4.37. The van der Waals surface area contributed by atoms with Crippen LogP contribution in [-0.2, 0) is 16.1 Å². The summed E-state index contributed by atoms with van der Waals surface area (Å²) in [5.74, 6) is 0.145. The molecule has 3 rings (SSSR count). The maximum absolute atomic E-state index is 12.5. The van der Waals surface area contributed by atoms with Crippen molar-refractivity contribution in [3.63, 3.8) is 0 Å². The first-order chi connectivity index (χ1) is 10.2. The molecule has 0 spiro atoms. The second kappa shape index (κ2) is 6.30. The van der Waals surface area contributed by atoms with Crippen LogP contribution >= 0.6 is 11.3 Å². The maximum atomic E-state index is 12.5. The Bertz CT molecular complexity index is 532. The number of hydrogen-bond donors (Lipinski definition) is 1. The largest absolute Gasteiger partial charge is 0.376 e. The highest BCUT2D eigenvalue weighted by molar-refractivity contribution is 7.09. The molecule has 1 aromatic heterocycles. The van der Waals surface area contributed by atoms with E-state index in [1.165, 1.54) is 4.88 Å². The van der Waals surface area contributed by atoms with Crippen molar-refractivity contribution in [2.75, 3.05) is 13.2 Å². The van der Waals surface area contributed by atoms with Gasteiger partial charge in [0.05, 0.1) is 6.10 Å². The predicted octanol–water partition coefficient (Wildman–Crippen LogP) is 2.52. The van der Waals surface area contributed by atoms with Crippen molar-refractivity contribution in [1.29, 1.82) is 0 Å². The molecule has 0 aliphatic carbocycles. The molecule has 2 atom stereocenters. The van der Waals surface area contributed by atoms with Gasteiger partial charge in [-0.2, -0.15) is 0 Å². The molecular weight excluding hydrogens is 284 g/mol. The number of rotatable bonds is 5. The van der Waals surface area contributed by atoms with E-state index in [1.807, 2.05) is 11.8 Å². The third kappa shape index (κ3) is 3.05. The van der Waals surface area contributed by atoms with Crippen molar-refractivity contribution < 1.29 is 9.53 Å². The molecule has 114 valence electrons. The van der Waals surface area contributed by atoms with Crippen LogP contribution in [0.15, 0.2) is 28.7 Å². The SMILES string of the molecule is CC1=C(C)[C@H](NCc2cccs2)N(C[C@H]2CCCO2)C1=O. The van der Waals surface area contributed by atoms with Gasteiger partial charge in [-0.15, -0.1) is 11.3 Å². The van der Waals surface area contributed by atoms with E-state index in [2.05, 4.69) is 29.8 Å². The van der Waals surface area contributed by atoms with Crippen LogP contribution in [0.1, 0.15) is 31.6 Å². The molecule has 1 N–H and O–H groups in total. The van der Waals surface area contributed by atoms with Gasteiger partial charge in [-0.05, 0) is 43.7 Å². The van der Waals surface area contributed by atoms with E-state index in [9.17, 15) is 4.79 Å². The van der Waals surface area contributed by atoms with Gasteiger partial charge in [0.15, 0.2) is 0 Å². The zero-order valence-electron chi connectivity index (χ0n) is 12.6. The van der Waals surface area contributed by atoms with E-state index >= 15 is 0 Å². The lowest BCUT2D eigenvalue weighted by Gasteiger charge is -2.29. The first-order valence-corrected chi connectivity index (χ1v) is 8.40. The van der Waals surface area contributed by atoms with Gasteiger partial charge in [-0.25, -0.2) is 0 Å². The molecule has 2 aliphatic rings. The van der Waals surface area contributed by atoms with Gasteiger partial charge in [0.2, 0.25) is 0 Å². The van der Waals surface area contributed by atoms with E-state index in [4.69, 9.17) is 4.74 Å². The molecule has 1 fully saturated rings. The van der Waals surface area contributed by atoms with Crippen LogP contribution in [0, 0.1) is 0 Å². The van der Waals surface area contributed by atoms with E-state index in [1.54, 1.807) is 11.3 Å². The van der Waals surface area contributed by atoms with Crippen LogP contribution in [0.2, 0.25) is 0 Å². The molecule has 0 bridgehead atoms. The molecule has 3 heterocycles. The molecule has 0 unspecified atom stereocenters. The standard InChI is InChI=1S/C16H22N2O2S/c1-11-12(2)16(19)18(10-13-5-3-7-20-13)15(11)17-9-14-6-4-8-21-14/h4,6,8,13,15,17H,3,5,7,9-10H2,1-2H3/t13-,15-/m1/s1. The van der Waals surface area contributed by atoms with Gasteiger partial charge in [-0.3, -0.25) is 10.1 Å². The van der Waals surface area contributed by atoms with Crippen LogP contribution in [-0.4, -0.2) is 36.2 Å². The Balaban J connectivity index is 1.68. The van der Waals surface area contributed by atoms with E-state index in [0.717, 1.165) is 37.1 Å². The number of nitrogens with one attached hydrogen (secondary N) is 1. The maximum Gasteiger partial charge on any atom is 0.251 e. The van der Waals surface area contributed by atoms with Crippen LogP contribution < -0.4 is 5.32 Å². The average Bonchev–Trinajstić information content (AvgIpc) is 3.20. The molecule has 0 radical (unpaired) electrons. The number of thiophene rings is 1. The highest BCUT2D eigenvalue weighted by Gasteiger charge is 2.36. The molecule has 0 aromatic carbocycles. The first kappa shape index (κ1) is 14.8. The lowest BCUT2D eigenvalue weighted by Crippen LogP contribution is -2.47. The number of carbonyl (C=O) groups is 1. The second-order valence-electron chi connectivity index (χ2n) is 5.76. The number of hydrogen-bond acceptors (Lipinski definition) is 4. The van der Waals surface area contributed by atoms with E-state index in [-0.39, 0.29) is 18.2 Å². The zero-order chi connectivity index (χ0) is 14.8. The lowest BCUT2D eigenvalue weighted by atomic mass is 10.1. The third-order valence-corrected chi connectivity index (χ3v) is 5.25. The number of nitrogens with zero attached hydrogens (tertiary/aromatic N) is 1. The van der Waals surface area contributed by atoms with Crippen LogP contribution in [0.4, 0.5) is 0 Å². The second-order valence-corrected chi connectivity index (χ2v) is 6.80. The summed E-state index contributed by atoms with van der Waals surface area (Å²) in [4.78, 5) is 15.7. The van der Waals surface area contributed by atoms with Crippen LogP contribution in [0.3, 0.4) is 0 Å². The highest BCUT2D eigenvalue weighted by atomic mass is 32.1. The summed E-state index contributed by atoms with van der Waals surface area (Å²) in [6, 6.07) is 4.17. The lowest BCUT2D eigenvalue weighted by molar-refractivity contribution is -0.129. The smallest absolute Gasteiger partial charge is 0.251 e. The molecule has 5 heteroatoms. The Hall–Kier alpha value is -1.17. The fraction of sp³-hybridized carbons (Fsp3) is 0.562. The van der Waals surface area contributed by atoms with Crippen molar-refractivity contribution in [2.45, 2.75) is 45.5 Å². The summed E-state index contributed by atoms with van der Waals surface area (Å²) >= 11 is 1.74. The van der Waals surface area contributed by atoms with Gasteiger partial charge in [0.1, 0.15) is 6.17 Å². The molecular formula is C16H22N2O2S. The van der Waals surface area contributed by atoms with Crippen molar-refractivity contribution in [2.24, 2.45) is 0 Å². The summed E-state index contributed by atoms with van der Waals surface area (Å²) in [6.07, 6.45) is 2.35. The monoisotopic (exact) mass is 306 g/mol. The Morgan fingerprint density at radius 3 is 3.00 bits per heavy atom. The number of amides is 1. The van der Waals surface area contributed by atoms with Crippen molar-refractivity contribution >= 4 is 17.2 Å². The minimum absolute atomic E-state index is 0.00352. The highest BCUT2D eigenvalue weighted by Crippen LogP contribution is 2.26. The Morgan fingerprint density at radius 1 is 1.48 bits per heavy atom. The van der Waals surface area contributed by atoms with Gasteiger partial charge in [-0.1, -0.05) is 6.07 Å². The molecule has 1 amide bonds. The van der Waals surface area contributed by atoms with Crippen molar-refractivity contribution in [3.8, 4) is 0 Å². The Morgan fingerprint density at radius 2 is 2.33 bits per heavy atom. The summed E-state index contributed by atoms with van der Waals surface area (Å²) in [5.41, 5.74) is 2.01. The number of carbonyl (C=O) groups excluding carboxylic acids is 1. The Labute approximate surface area is 129 Å². The minimum Gasteiger partial charge on any atom is -0.376 e. The molecule has 0 saturated carbocycles. The summed E-state index contributed by atoms with van der Waals surface area (Å²) in [7, 11) is 0. The van der Waals surface area contributed by atoms with Gasteiger partial charge in [0.25, 0.3) is 5.91 Å². The van der Waals surface area contributed by atoms with Gasteiger partial charge >= 0.3 is 0 Å². The zero-order valence-corrected chi connectivity index (χ0v) is 13.4. The van der Waals surface area contributed by atoms with Crippen LogP contribution in [0.5, 0.6) is 0 Å². The van der Waals surface area contributed by atoms with Gasteiger partial charge in [0, 0.05) is 30.1 Å². The molecule has 1 saturated heterocycles. The van der Waals surface area contributed by atoms with E-state index in [0.29, 0.717) is 6.54 Å². The molecule has 1 aromatic rings. The van der Waals surface area contributed by atoms with Crippen LogP contribution in [0.25, 0.3) is 0 Å². The fourth-order valence-corrected chi connectivity index (χ4v) is 3.67. The summed E-state index contributed by atoms with van der Waals surface area (Å²) in [5, 5.41) is 5.60. The fourth-order valence-electron chi connectivity index (χ4n) is 3.01.